The first-order valence-corrected chi connectivity index (χ1v) is 8.83. The van der Waals surface area contributed by atoms with E-state index in [2.05, 4.69) is 10.1 Å². The fourth-order valence-corrected chi connectivity index (χ4v) is 2.28. The third-order valence-corrected chi connectivity index (χ3v) is 3.76. The van der Waals surface area contributed by atoms with Crippen LogP contribution in [0.15, 0.2) is 29.3 Å². The Hall–Kier alpha value is -2.19. The molecule has 0 saturated carbocycles. The number of pyridine rings is 1. The van der Waals surface area contributed by atoms with Crippen LogP contribution in [0.2, 0.25) is 5.02 Å². The molecule has 0 aliphatic heterocycles. The Bertz CT molecular complexity index is 791. The second-order valence-corrected chi connectivity index (χ2v) is 7.03. The summed E-state index contributed by atoms with van der Waals surface area (Å²) in [6.07, 6.45) is 3.02. The van der Waals surface area contributed by atoms with Gasteiger partial charge in [0.1, 0.15) is 19.9 Å². The van der Waals surface area contributed by atoms with Crippen LogP contribution in [0.3, 0.4) is 0 Å². The molecular weight excluding hydrogens is 376 g/mol. The van der Waals surface area contributed by atoms with Crippen LogP contribution >= 0.6 is 11.6 Å². The summed E-state index contributed by atoms with van der Waals surface area (Å²) in [4.78, 5) is 16.4. The van der Waals surface area contributed by atoms with E-state index >= 15 is 0 Å². The molecular formula is C18H23ClFN3O4. The molecule has 2 rings (SSSR count). The first-order chi connectivity index (χ1) is 12.8. The van der Waals surface area contributed by atoms with Crippen LogP contribution in [0.1, 0.15) is 26.3 Å². The summed E-state index contributed by atoms with van der Waals surface area (Å²) >= 11 is 6.12. The fraction of sp³-hybridized carbons (Fsp3) is 0.500. The molecule has 0 aliphatic carbocycles. The zero-order chi connectivity index (χ0) is 19.9. The standard InChI is InChI=1S/C18H23ClFN3O4/c1-18(2,3)23-17(24)16(19)14(11-22-23)27-12-13-4-5-15(21-10-13)26-9-8-25-7-6-20/h4-5,10-11H,6-9,12H2,1-3H3/i20-1. The van der Waals surface area contributed by atoms with Crippen molar-refractivity contribution in [3.05, 3.63) is 45.5 Å². The zero-order valence-electron chi connectivity index (χ0n) is 15.6. The molecule has 0 N–H and O–H groups in total. The van der Waals surface area contributed by atoms with E-state index in [1.807, 2.05) is 20.8 Å². The number of ether oxygens (including phenoxy) is 3. The van der Waals surface area contributed by atoms with Crippen molar-refractivity contribution < 1.29 is 18.6 Å². The molecule has 0 aliphatic rings. The van der Waals surface area contributed by atoms with Gasteiger partial charge in [-0.05, 0) is 26.8 Å². The molecule has 148 valence electrons. The lowest BCUT2D eigenvalue weighted by Gasteiger charge is -2.21. The van der Waals surface area contributed by atoms with Crippen LogP contribution in [0.5, 0.6) is 11.6 Å². The molecule has 0 amide bonds. The van der Waals surface area contributed by atoms with Crippen molar-refractivity contribution in [2.75, 3.05) is 26.5 Å². The van der Waals surface area contributed by atoms with Crippen LogP contribution in [0.25, 0.3) is 0 Å². The average molecular weight is 399 g/mol. The highest BCUT2D eigenvalue weighted by molar-refractivity contribution is 6.31. The van der Waals surface area contributed by atoms with Gasteiger partial charge in [-0.1, -0.05) is 11.6 Å². The second-order valence-electron chi connectivity index (χ2n) is 6.65. The first kappa shape index (κ1) is 21.1. The van der Waals surface area contributed by atoms with Crippen molar-refractivity contribution in [2.24, 2.45) is 0 Å². The number of nitrogens with zero attached hydrogens (tertiary/aromatic N) is 3. The molecule has 2 aromatic rings. The maximum atomic E-state index is 12.3. The topological polar surface area (TPSA) is 75.5 Å². The Morgan fingerprint density at radius 3 is 2.56 bits per heavy atom. The van der Waals surface area contributed by atoms with Crippen LogP contribution in [-0.4, -0.2) is 41.3 Å². The Morgan fingerprint density at radius 1 is 1.15 bits per heavy atom. The highest BCUT2D eigenvalue weighted by Crippen LogP contribution is 2.22. The molecule has 0 bridgehead atoms. The molecule has 0 unspecified atom stereocenters. The van der Waals surface area contributed by atoms with Crippen LogP contribution in [0, 0.1) is 0 Å². The summed E-state index contributed by atoms with van der Waals surface area (Å²) in [7, 11) is 0. The second kappa shape index (κ2) is 9.66. The lowest BCUT2D eigenvalue weighted by Crippen LogP contribution is -2.36. The van der Waals surface area contributed by atoms with Gasteiger partial charge in [-0.25, -0.2) is 14.1 Å². The minimum Gasteiger partial charge on any atom is -0.485 e. The predicted molar refractivity (Wildman–Crippen MR) is 99.4 cm³/mol. The first-order valence-electron chi connectivity index (χ1n) is 8.45. The van der Waals surface area contributed by atoms with E-state index < -0.39 is 17.8 Å². The largest absolute Gasteiger partial charge is 0.485 e. The zero-order valence-corrected chi connectivity index (χ0v) is 16.3. The third-order valence-electron chi connectivity index (χ3n) is 3.41. The maximum Gasteiger partial charge on any atom is 0.289 e. The highest BCUT2D eigenvalue weighted by atomic mass is 35.5. The number of hydrogen-bond donors (Lipinski definition) is 0. The van der Waals surface area contributed by atoms with E-state index in [0.29, 0.717) is 12.5 Å². The lowest BCUT2D eigenvalue weighted by atomic mass is 10.1. The Labute approximate surface area is 162 Å². The molecule has 0 atom stereocenters. The van der Waals surface area contributed by atoms with Gasteiger partial charge < -0.3 is 14.2 Å². The van der Waals surface area contributed by atoms with Gasteiger partial charge in [0.2, 0.25) is 5.88 Å². The van der Waals surface area contributed by atoms with Gasteiger partial charge in [-0.15, -0.1) is 0 Å². The Balaban J connectivity index is 1.91. The van der Waals surface area contributed by atoms with Crippen LogP contribution in [-0.2, 0) is 16.9 Å². The lowest BCUT2D eigenvalue weighted by molar-refractivity contribution is 0.0883. The molecule has 7 nitrogen and oxygen atoms in total. The van der Waals surface area contributed by atoms with E-state index in [4.69, 9.17) is 25.8 Å². The van der Waals surface area contributed by atoms with E-state index in [9.17, 15) is 9.18 Å². The molecule has 2 heterocycles. The van der Waals surface area contributed by atoms with Gasteiger partial charge in [-0.2, -0.15) is 5.10 Å². The third kappa shape index (κ3) is 6.18. The predicted octanol–water partition coefficient (Wildman–Crippen LogP) is 2.99. The number of alkyl halides is 1. The minimum absolute atomic E-state index is 0.0129. The number of aromatic nitrogens is 3. The van der Waals surface area contributed by atoms with E-state index in [1.54, 1.807) is 18.3 Å². The number of hydrogen-bond acceptors (Lipinski definition) is 6. The Kier molecular flexibility index (Phi) is 7.55. The van der Waals surface area contributed by atoms with Crippen molar-refractivity contribution in [3.63, 3.8) is 0 Å². The van der Waals surface area contributed by atoms with Crippen molar-refractivity contribution in [1.29, 1.82) is 0 Å². The summed E-state index contributed by atoms with van der Waals surface area (Å²) in [5, 5.41) is 4.10. The molecule has 0 radical (unpaired) electrons. The van der Waals surface area contributed by atoms with Gasteiger partial charge in [0, 0.05) is 17.8 Å². The van der Waals surface area contributed by atoms with Gasteiger partial charge in [0.15, 0.2) is 10.8 Å². The van der Waals surface area contributed by atoms with E-state index in [-0.39, 0.29) is 30.6 Å². The molecule has 0 aromatic carbocycles. The van der Waals surface area contributed by atoms with Gasteiger partial charge in [0.05, 0.1) is 24.9 Å². The van der Waals surface area contributed by atoms with Crippen molar-refractivity contribution in [1.82, 2.24) is 14.8 Å². The van der Waals surface area contributed by atoms with Crippen molar-refractivity contribution in [2.45, 2.75) is 32.9 Å². The minimum atomic E-state index is -0.516. The number of halogens is 2. The smallest absolute Gasteiger partial charge is 0.289 e. The average Bonchev–Trinajstić information content (AvgIpc) is 2.63. The van der Waals surface area contributed by atoms with Crippen molar-refractivity contribution >= 4 is 11.6 Å². The molecule has 0 saturated heterocycles. The molecule has 27 heavy (non-hydrogen) atoms. The summed E-state index contributed by atoms with van der Waals surface area (Å²) in [6, 6.07) is 3.47. The van der Waals surface area contributed by atoms with Crippen molar-refractivity contribution in [3.8, 4) is 11.6 Å². The highest BCUT2D eigenvalue weighted by Gasteiger charge is 2.20. The molecule has 2 aromatic heterocycles. The van der Waals surface area contributed by atoms with Gasteiger partial charge >= 0.3 is 0 Å². The Morgan fingerprint density at radius 2 is 1.93 bits per heavy atom. The van der Waals surface area contributed by atoms with Gasteiger partial charge in [-0.3, -0.25) is 4.79 Å². The van der Waals surface area contributed by atoms with Crippen LogP contribution < -0.4 is 15.0 Å². The van der Waals surface area contributed by atoms with Crippen LogP contribution in [0.4, 0.5) is 4.39 Å². The summed E-state index contributed by atoms with van der Waals surface area (Å²) in [6.45, 7) is 5.88. The normalized spacial score (nSPS) is 11.4. The molecule has 0 spiro atoms. The summed E-state index contributed by atoms with van der Waals surface area (Å²) in [5.74, 6) is 0.641. The summed E-state index contributed by atoms with van der Waals surface area (Å²) < 4.78 is 29.1. The van der Waals surface area contributed by atoms with E-state index in [0.717, 1.165) is 5.56 Å². The van der Waals surface area contributed by atoms with Gasteiger partial charge in [0.25, 0.3) is 5.56 Å². The molecule has 9 heteroatoms. The monoisotopic (exact) mass is 398 g/mol. The number of rotatable bonds is 9. The SMILES string of the molecule is CC(C)(C)n1ncc(OCc2ccc(OCCOCC[18F])nc2)c(Cl)c1=O. The quantitative estimate of drug-likeness (QED) is 0.604. The maximum absolute atomic E-state index is 12.3. The summed E-state index contributed by atoms with van der Waals surface area (Å²) in [5.41, 5.74) is -0.110. The fourth-order valence-electron chi connectivity index (χ4n) is 2.10. The molecule has 0 fully saturated rings. The van der Waals surface area contributed by atoms with E-state index in [1.165, 1.54) is 10.9 Å².